The molecule has 0 aliphatic rings. The molecule has 5 nitrogen and oxygen atoms in total. The molecule has 0 aliphatic heterocycles. The number of methoxy groups -OCH3 is 2. The molecule has 0 spiro atoms. The van der Waals surface area contributed by atoms with Crippen LogP contribution in [0.4, 0.5) is 11.4 Å². The molecule has 0 unspecified atom stereocenters. The summed E-state index contributed by atoms with van der Waals surface area (Å²) in [6, 6.07) is 9.22. The first kappa shape index (κ1) is 17.7. The second-order valence-electron chi connectivity index (χ2n) is 6.39. The average molecular weight is 351 g/mol. The molecule has 1 N–H and O–H groups in total. The molecule has 0 saturated carbocycles. The van der Waals surface area contributed by atoms with Crippen molar-refractivity contribution in [1.29, 1.82) is 0 Å². The number of hydrogen-bond donors (Lipinski definition) is 1. The fourth-order valence-electron chi connectivity index (χ4n) is 3.02. The maximum absolute atomic E-state index is 12.3. The van der Waals surface area contributed by atoms with Crippen LogP contribution in [-0.4, -0.2) is 14.2 Å². The lowest BCUT2D eigenvalue weighted by Crippen LogP contribution is -2.35. The molecule has 134 valence electrons. The van der Waals surface area contributed by atoms with Crippen LogP contribution in [0.3, 0.4) is 0 Å². The van der Waals surface area contributed by atoms with Crippen molar-refractivity contribution >= 4 is 11.4 Å². The maximum Gasteiger partial charge on any atom is 0.250 e. The van der Waals surface area contributed by atoms with E-state index in [1.807, 2.05) is 32.9 Å². The molecule has 0 atom stereocenters. The summed E-state index contributed by atoms with van der Waals surface area (Å²) >= 11 is 0. The average Bonchev–Trinajstić information content (AvgIpc) is 2.64. The predicted octanol–water partition coefficient (Wildman–Crippen LogP) is 3.64. The van der Waals surface area contributed by atoms with Crippen LogP contribution in [-0.2, 0) is 0 Å². The summed E-state index contributed by atoms with van der Waals surface area (Å²) in [7, 11) is 3.11. The SMILES string of the molecule is COc1cc(Nc2c(-c3cc(C)c(C)cc3C)c(=O)c2=O)cc(OC)c1. The lowest BCUT2D eigenvalue weighted by Gasteiger charge is -2.17. The molecule has 3 aromatic rings. The summed E-state index contributed by atoms with van der Waals surface area (Å²) in [6.45, 7) is 5.96. The maximum atomic E-state index is 12.3. The highest BCUT2D eigenvalue weighted by atomic mass is 16.5. The fraction of sp³-hybridized carbons (Fsp3) is 0.238. The largest absolute Gasteiger partial charge is 0.497 e. The number of ether oxygens (including phenoxy) is 2. The van der Waals surface area contributed by atoms with Gasteiger partial charge in [0.1, 0.15) is 17.2 Å². The van der Waals surface area contributed by atoms with Gasteiger partial charge in [-0.2, -0.15) is 0 Å². The van der Waals surface area contributed by atoms with Gasteiger partial charge in [-0.15, -0.1) is 0 Å². The van der Waals surface area contributed by atoms with Crippen molar-refractivity contribution in [1.82, 2.24) is 0 Å². The van der Waals surface area contributed by atoms with Gasteiger partial charge in [-0.05, 0) is 43.0 Å². The molecule has 26 heavy (non-hydrogen) atoms. The summed E-state index contributed by atoms with van der Waals surface area (Å²) < 4.78 is 10.5. The van der Waals surface area contributed by atoms with E-state index in [2.05, 4.69) is 5.32 Å². The summed E-state index contributed by atoms with van der Waals surface area (Å²) in [4.78, 5) is 24.4. The van der Waals surface area contributed by atoms with Crippen LogP contribution in [0.25, 0.3) is 11.1 Å². The van der Waals surface area contributed by atoms with Crippen LogP contribution >= 0.6 is 0 Å². The molecule has 0 fully saturated rings. The van der Waals surface area contributed by atoms with Crippen LogP contribution in [0.5, 0.6) is 11.5 Å². The molecule has 0 heterocycles. The molecular weight excluding hydrogens is 330 g/mol. The third-order valence-corrected chi connectivity index (χ3v) is 4.64. The monoisotopic (exact) mass is 351 g/mol. The minimum absolute atomic E-state index is 0.302. The Balaban J connectivity index is 2.08. The second-order valence-corrected chi connectivity index (χ2v) is 6.39. The highest BCUT2D eigenvalue weighted by Gasteiger charge is 2.24. The van der Waals surface area contributed by atoms with Crippen LogP contribution < -0.4 is 25.6 Å². The van der Waals surface area contributed by atoms with Gasteiger partial charge in [0.05, 0.1) is 19.8 Å². The zero-order chi connectivity index (χ0) is 19.0. The van der Waals surface area contributed by atoms with Gasteiger partial charge in [0, 0.05) is 23.9 Å². The first-order valence-corrected chi connectivity index (χ1v) is 8.27. The molecule has 0 radical (unpaired) electrons. The van der Waals surface area contributed by atoms with E-state index in [1.54, 1.807) is 32.4 Å². The Morgan fingerprint density at radius 3 is 1.88 bits per heavy atom. The van der Waals surface area contributed by atoms with Crippen LogP contribution in [0, 0.1) is 20.8 Å². The van der Waals surface area contributed by atoms with Crippen molar-refractivity contribution in [3.8, 4) is 22.6 Å². The zero-order valence-corrected chi connectivity index (χ0v) is 15.5. The third kappa shape index (κ3) is 2.96. The molecular formula is C21H21NO4. The van der Waals surface area contributed by atoms with E-state index in [-0.39, 0.29) is 0 Å². The van der Waals surface area contributed by atoms with Crippen LogP contribution in [0.1, 0.15) is 16.7 Å². The zero-order valence-electron chi connectivity index (χ0n) is 15.5. The van der Waals surface area contributed by atoms with Crippen molar-refractivity contribution in [2.24, 2.45) is 0 Å². The van der Waals surface area contributed by atoms with Crippen molar-refractivity contribution in [3.05, 3.63) is 67.5 Å². The van der Waals surface area contributed by atoms with E-state index in [0.717, 1.165) is 22.3 Å². The lowest BCUT2D eigenvalue weighted by atomic mass is 9.91. The van der Waals surface area contributed by atoms with Gasteiger partial charge in [-0.1, -0.05) is 12.1 Å². The van der Waals surface area contributed by atoms with Gasteiger partial charge in [0.25, 0.3) is 5.43 Å². The van der Waals surface area contributed by atoms with E-state index < -0.39 is 10.9 Å². The summed E-state index contributed by atoms with van der Waals surface area (Å²) in [6.07, 6.45) is 0. The number of anilines is 2. The second kappa shape index (κ2) is 6.67. The fourth-order valence-corrected chi connectivity index (χ4v) is 3.02. The smallest absolute Gasteiger partial charge is 0.250 e. The molecule has 0 bridgehead atoms. The first-order chi connectivity index (χ1) is 12.3. The molecule has 0 amide bonds. The number of aryl methyl sites for hydroxylation is 3. The predicted molar refractivity (Wildman–Crippen MR) is 104 cm³/mol. The Hall–Kier alpha value is -3.08. The van der Waals surface area contributed by atoms with Crippen molar-refractivity contribution < 1.29 is 9.47 Å². The van der Waals surface area contributed by atoms with E-state index in [9.17, 15) is 9.59 Å². The summed E-state index contributed by atoms with van der Waals surface area (Å²) in [5.74, 6) is 1.18. The van der Waals surface area contributed by atoms with E-state index >= 15 is 0 Å². The van der Waals surface area contributed by atoms with Crippen LogP contribution in [0.2, 0.25) is 0 Å². The van der Waals surface area contributed by atoms with Gasteiger partial charge in [-0.25, -0.2) is 0 Å². The Labute approximate surface area is 151 Å². The molecule has 3 aromatic carbocycles. The number of rotatable bonds is 5. The number of benzene rings is 2. The molecule has 3 rings (SSSR count). The topological polar surface area (TPSA) is 64.6 Å². The third-order valence-electron chi connectivity index (χ3n) is 4.64. The van der Waals surface area contributed by atoms with Crippen LogP contribution in [0.15, 0.2) is 39.9 Å². The summed E-state index contributed by atoms with van der Waals surface area (Å²) in [5, 5.41) is 3.07. The molecule has 5 heteroatoms. The van der Waals surface area contributed by atoms with Crippen molar-refractivity contribution in [2.75, 3.05) is 19.5 Å². The highest BCUT2D eigenvalue weighted by molar-refractivity contribution is 5.86. The Morgan fingerprint density at radius 1 is 0.731 bits per heavy atom. The molecule has 0 aliphatic carbocycles. The Kier molecular flexibility index (Phi) is 4.55. The van der Waals surface area contributed by atoms with E-state index in [0.29, 0.717) is 28.4 Å². The van der Waals surface area contributed by atoms with Gasteiger partial charge in [0.2, 0.25) is 5.43 Å². The number of hydrogen-bond acceptors (Lipinski definition) is 5. The molecule has 0 aromatic heterocycles. The van der Waals surface area contributed by atoms with E-state index in [4.69, 9.17) is 9.47 Å². The minimum atomic E-state index is -0.514. The normalized spacial score (nSPS) is 10.8. The van der Waals surface area contributed by atoms with Gasteiger partial charge < -0.3 is 14.8 Å². The quantitative estimate of drug-likeness (QED) is 0.711. The van der Waals surface area contributed by atoms with Gasteiger partial charge in [0.15, 0.2) is 0 Å². The number of nitrogens with one attached hydrogen (secondary N) is 1. The van der Waals surface area contributed by atoms with Gasteiger partial charge >= 0.3 is 0 Å². The Morgan fingerprint density at radius 2 is 1.31 bits per heavy atom. The standard InChI is InChI=1S/C21H21NO4/c1-11-6-13(3)17(7-12(11)2)18-19(21(24)20(18)23)22-14-8-15(25-4)10-16(9-14)26-5/h6-10,22H,1-5H3. The first-order valence-electron chi connectivity index (χ1n) is 8.27. The van der Waals surface area contributed by atoms with Crippen molar-refractivity contribution in [3.63, 3.8) is 0 Å². The Bertz CT molecular complexity index is 1040. The minimum Gasteiger partial charge on any atom is -0.497 e. The highest BCUT2D eigenvalue weighted by Crippen LogP contribution is 2.33. The van der Waals surface area contributed by atoms with Crippen molar-refractivity contribution in [2.45, 2.75) is 20.8 Å². The molecule has 0 saturated heterocycles. The van der Waals surface area contributed by atoms with Gasteiger partial charge in [-0.3, -0.25) is 9.59 Å². The lowest BCUT2D eigenvalue weighted by molar-refractivity contribution is 0.395. The van der Waals surface area contributed by atoms with E-state index in [1.165, 1.54) is 0 Å². The summed E-state index contributed by atoms with van der Waals surface area (Å²) in [5.41, 5.74) is 4.35.